The molecule has 2 heterocycles. The van der Waals surface area contributed by atoms with Crippen molar-refractivity contribution in [1.29, 1.82) is 0 Å². The van der Waals surface area contributed by atoms with Gasteiger partial charge < -0.3 is 5.32 Å². The molecule has 1 N–H and O–H groups in total. The Bertz CT molecular complexity index is 978. The minimum atomic E-state index is -0.473. The second-order valence-corrected chi connectivity index (χ2v) is 10.2. The van der Waals surface area contributed by atoms with E-state index in [0.29, 0.717) is 38.7 Å². The minimum Gasteiger partial charge on any atom is -0.328 e. The summed E-state index contributed by atoms with van der Waals surface area (Å²) in [6.45, 7) is 6.38. The highest BCUT2D eigenvalue weighted by atomic mass is 35.5. The highest BCUT2D eigenvalue weighted by Gasteiger charge is 2.43. The zero-order valence-corrected chi connectivity index (χ0v) is 19.1. The maximum Gasteiger partial charge on any atom is 0.227 e. The smallest absolute Gasteiger partial charge is 0.227 e. The molecule has 1 atom stereocenters. The molecule has 154 valence electrons. The van der Waals surface area contributed by atoms with Crippen LogP contribution in [0.3, 0.4) is 0 Å². The van der Waals surface area contributed by atoms with Gasteiger partial charge in [0.25, 0.3) is 0 Å². The Morgan fingerprint density at radius 2 is 2.00 bits per heavy atom. The predicted molar refractivity (Wildman–Crippen MR) is 119 cm³/mol. The number of aromatic nitrogens is 3. The number of allylic oxidation sites excluding steroid dienone is 2. The van der Waals surface area contributed by atoms with E-state index in [1.807, 2.05) is 6.07 Å². The lowest BCUT2D eigenvalue weighted by Crippen LogP contribution is -2.36. The number of ketones is 1. The van der Waals surface area contributed by atoms with Crippen LogP contribution in [-0.2, 0) is 4.79 Å². The molecule has 8 heteroatoms. The fraction of sp³-hybridized carbons (Fsp3) is 0.476. The number of thioether (sulfide) groups is 1. The normalized spacial score (nSPS) is 20.3. The molecule has 0 unspecified atom stereocenters. The number of hydrogen-bond acceptors (Lipinski definition) is 5. The number of hydrogen-bond donors (Lipinski definition) is 1. The summed E-state index contributed by atoms with van der Waals surface area (Å²) < 4.78 is 1.77. The molecule has 0 fully saturated rings. The summed E-state index contributed by atoms with van der Waals surface area (Å²) in [5.74, 6) is 1.69. The lowest BCUT2D eigenvalue weighted by Gasteiger charge is -2.38. The van der Waals surface area contributed by atoms with Gasteiger partial charge in [-0.1, -0.05) is 68.2 Å². The van der Waals surface area contributed by atoms with Gasteiger partial charge in [-0.15, -0.1) is 5.10 Å². The SMILES string of the molecule is CCCCSc1nc2n(n1)[C@H](c1c(Cl)cccc1Cl)C1=C(CC(C)(C)CC1=O)N2. The molecule has 0 amide bonds. The van der Waals surface area contributed by atoms with Crippen molar-refractivity contribution in [3.63, 3.8) is 0 Å². The topological polar surface area (TPSA) is 59.8 Å². The summed E-state index contributed by atoms with van der Waals surface area (Å²) in [6.07, 6.45) is 3.46. The third kappa shape index (κ3) is 3.94. The van der Waals surface area contributed by atoms with Crippen molar-refractivity contribution in [2.75, 3.05) is 11.1 Å². The van der Waals surface area contributed by atoms with E-state index in [4.69, 9.17) is 33.3 Å². The molecule has 5 nitrogen and oxygen atoms in total. The molecule has 1 aliphatic heterocycles. The van der Waals surface area contributed by atoms with Gasteiger partial charge in [0.2, 0.25) is 11.1 Å². The van der Waals surface area contributed by atoms with E-state index in [0.717, 1.165) is 30.7 Å². The van der Waals surface area contributed by atoms with Gasteiger partial charge in [-0.3, -0.25) is 4.79 Å². The second-order valence-electron chi connectivity index (χ2n) is 8.36. The molecule has 0 saturated carbocycles. The first-order valence-corrected chi connectivity index (χ1v) is 11.6. The van der Waals surface area contributed by atoms with E-state index < -0.39 is 6.04 Å². The summed E-state index contributed by atoms with van der Waals surface area (Å²) in [6, 6.07) is 4.94. The van der Waals surface area contributed by atoms with Crippen molar-refractivity contribution < 1.29 is 4.79 Å². The summed E-state index contributed by atoms with van der Waals surface area (Å²) in [7, 11) is 0. The van der Waals surface area contributed by atoms with E-state index in [9.17, 15) is 4.79 Å². The van der Waals surface area contributed by atoms with Crippen LogP contribution in [0.1, 0.15) is 58.1 Å². The standard InChI is InChI=1S/C21H24Cl2N4OS/c1-4-5-9-29-20-25-19-24-14-10-21(2,3)11-15(28)17(14)18(27(19)26-20)16-12(22)7-6-8-13(16)23/h6-8,18H,4-5,9-11H2,1-3H3,(H,24,25,26)/t18-/m1/s1. The third-order valence-electron chi connectivity index (χ3n) is 5.31. The Morgan fingerprint density at radius 1 is 1.28 bits per heavy atom. The third-order valence-corrected chi connectivity index (χ3v) is 6.90. The van der Waals surface area contributed by atoms with E-state index in [-0.39, 0.29) is 11.2 Å². The largest absolute Gasteiger partial charge is 0.328 e. The molecule has 4 rings (SSSR count). The van der Waals surface area contributed by atoms with Crippen LogP contribution < -0.4 is 5.32 Å². The van der Waals surface area contributed by atoms with Gasteiger partial charge in [-0.2, -0.15) is 4.98 Å². The van der Waals surface area contributed by atoms with Gasteiger partial charge in [0.15, 0.2) is 5.78 Å². The molecule has 0 bridgehead atoms. The minimum absolute atomic E-state index is 0.103. The number of carbonyl (C=O) groups is 1. The van der Waals surface area contributed by atoms with Crippen LogP contribution in [-0.4, -0.2) is 26.3 Å². The monoisotopic (exact) mass is 450 g/mol. The van der Waals surface area contributed by atoms with Crippen molar-refractivity contribution in [3.05, 3.63) is 45.1 Å². The first-order valence-electron chi connectivity index (χ1n) is 9.87. The van der Waals surface area contributed by atoms with Gasteiger partial charge in [0.1, 0.15) is 6.04 Å². The molecule has 2 aromatic rings. The molecule has 0 saturated heterocycles. The number of unbranched alkanes of at least 4 members (excludes halogenated alkanes) is 1. The fourth-order valence-corrected chi connectivity index (χ4v) is 5.51. The van der Waals surface area contributed by atoms with Crippen molar-refractivity contribution >= 4 is 46.7 Å². The van der Waals surface area contributed by atoms with Crippen LogP contribution in [0, 0.1) is 5.41 Å². The van der Waals surface area contributed by atoms with Gasteiger partial charge in [0.05, 0.1) is 0 Å². The number of benzene rings is 1. The van der Waals surface area contributed by atoms with Gasteiger partial charge in [-0.25, -0.2) is 4.68 Å². The molecule has 0 spiro atoms. The first-order chi connectivity index (χ1) is 13.8. The Morgan fingerprint density at radius 3 is 2.69 bits per heavy atom. The van der Waals surface area contributed by atoms with Crippen LogP contribution in [0.5, 0.6) is 0 Å². The zero-order chi connectivity index (χ0) is 20.8. The van der Waals surface area contributed by atoms with Crippen molar-refractivity contribution in [3.8, 4) is 0 Å². The number of nitrogens with one attached hydrogen (secondary N) is 1. The number of rotatable bonds is 5. The summed E-state index contributed by atoms with van der Waals surface area (Å²) in [5, 5.41) is 9.85. The molecule has 2 aliphatic rings. The number of fused-ring (bicyclic) bond motifs is 1. The number of nitrogens with zero attached hydrogens (tertiary/aromatic N) is 3. The lowest BCUT2D eigenvalue weighted by molar-refractivity contribution is -0.118. The van der Waals surface area contributed by atoms with Crippen LogP contribution in [0.15, 0.2) is 34.6 Å². The lowest BCUT2D eigenvalue weighted by atomic mass is 9.73. The maximum atomic E-state index is 13.2. The summed E-state index contributed by atoms with van der Waals surface area (Å²) >= 11 is 14.8. The fourth-order valence-electron chi connectivity index (χ4n) is 4.00. The number of anilines is 1. The van der Waals surface area contributed by atoms with Crippen LogP contribution in [0.25, 0.3) is 0 Å². The first kappa shape index (κ1) is 20.8. The van der Waals surface area contributed by atoms with E-state index in [1.165, 1.54) is 0 Å². The van der Waals surface area contributed by atoms with Gasteiger partial charge in [0, 0.05) is 39.1 Å². The highest BCUT2D eigenvalue weighted by Crippen LogP contribution is 2.48. The number of Topliss-reactive ketones (excluding diaryl/α,β-unsaturated/α-hetero) is 1. The Balaban J connectivity index is 1.85. The Hall–Kier alpha value is -1.50. The van der Waals surface area contributed by atoms with E-state index >= 15 is 0 Å². The number of carbonyl (C=O) groups excluding carboxylic acids is 1. The average molecular weight is 451 g/mol. The van der Waals surface area contributed by atoms with E-state index in [2.05, 4.69) is 26.1 Å². The number of halogens is 2. The Labute approximate surface area is 185 Å². The van der Waals surface area contributed by atoms with Gasteiger partial charge in [-0.05, 0) is 30.4 Å². The van der Waals surface area contributed by atoms with Crippen LogP contribution in [0.2, 0.25) is 10.0 Å². The highest BCUT2D eigenvalue weighted by molar-refractivity contribution is 7.99. The molecule has 0 radical (unpaired) electrons. The summed E-state index contributed by atoms with van der Waals surface area (Å²) in [4.78, 5) is 17.9. The Kier molecular flexibility index (Phi) is 5.70. The molecular formula is C21H24Cl2N4OS. The van der Waals surface area contributed by atoms with E-state index in [1.54, 1.807) is 28.6 Å². The zero-order valence-electron chi connectivity index (χ0n) is 16.8. The van der Waals surface area contributed by atoms with Crippen LogP contribution in [0.4, 0.5) is 5.95 Å². The van der Waals surface area contributed by atoms with Crippen molar-refractivity contribution in [1.82, 2.24) is 14.8 Å². The molecule has 1 aromatic carbocycles. The van der Waals surface area contributed by atoms with Gasteiger partial charge >= 0.3 is 0 Å². The predicted octanol–water partition coefficient (Wildman–Crippen LogP) is 6.14. The van der Waals surface area contributed by atoms with Crippen molar-refractivity contribution in [2.45, 2.75) is 57.7 Å². The molecule has 29 heavy (non-hydrogen) atoms. The molecule has 1 aliphatic carbocycles. The second kappa shape index (κ2) is 7.97. The molecular weight excluding hydrogens is 427 g/mol. The quantitative estimate of drug-likeness (QED) is 0.437. The molecule has 1 aromatic heterocycles. The van der Waals surface area contributed by atoms with Crippen LogP contribution >= 0.6 is 35.0 Å². The van der Waals surface area contributed by atoms with Crippen molar-refractivity contribution in [2.24, 2.45) is 5.41 Å². The summed E-state index contributed by atoms with van der Waals surface area (Å²) in [5.41, 5.74) is 2.19. The average Bonchev–Trinajstić information content (AvgIpc) is 3.02. The maximum absolute atomic E-state index is 13.2.